The predicted molar refractivity (Wildman–Crippen MR) is 76.0 cm³/mol. The van der Waals surface area contributed by atoms with Gasteiger partial charge in [0.15, 0.2) is 0 Å². The molecule has 1 saturated carbocycles. The number of hydrogen-bond acceptors (Lipinski definition) is 2. The van der Waals surface area contributed by atoms with Crippen molar-refractivity contribution in [1.29, 1.82) is 0 Å². The minimum atomic E-state index is -0.366. The Bertz CT molecular complexity index is 462. The number of amides is 1. The van der Waals surface area contributed by atoms with E-state index in [1.807, 2.05) is 13.8 Å². The summed E-state index contributed by atoms with van der Waals surface area (Å²) in [4.78, 5) is 12.2. The summed E-state index contributed by atoms with van der Waals surface area (Å²) >= 11 is 0. The van der Waals surface area contributed by atoms with Gasteiger partial charge in [-0.3, -0.25) is 4.79 Å². The summed E-state index contributed by atoms with van der Waals surface area (Å²) in [6.45, 7) is 4.11. The van der Waals surface area contributed by atoms with Gasteiger partial charge in [0.25, 0.3) is 0 Å². The molecule has 19 heavy (non-hydrogen) atoms. The average Bonchev–Trinajstić information content (AvgIpc) is 2.83. The van der Waals surface area contributed by atoms with Gasteiger partial charge in [0.2, 0.25) is 5.91 Å². The van der Waals surface area contributed by atoms with E-state index >= 15 is 0 Å². The van der Waals surface area contributed by atoms with E-state index in [4.69, 9.17) is 0 Å². The molecule has 0 aromatic heterocycles. The van der Waals surface area contributed by atoms with Crippen LogP contribution in [0.25, 0.3) is 0 Å². The smallest absolute Gasteiger partial charge is 0.224 e. The summed E-state index contributed by atoms with van der Waals surface area (Å²) < 4.78 is 0. The van der Waals surface area contributed by atoms with Crippen LogP contribution in [-0.2, 0) is 11.2 Å². The first-order valence-corrected chi connectivity index (χ1v) is 7.03. The van der Waals surface area contributed by atoms with Crippen LogP contribution in [0.5, 0.6) is 0 Å². The summed E-state index contributed by atoms with van der Waals surface area (Å²) in [5.41, 5.74) is 3.02. The second kappa shape index (κ2) is 5.74. The Morgan fingerprint density at radius 3 is 2.63 bits per heavy atom. The molecule has 104 valence electrons. The number of aliphatic hydroxyl groups excluding tert-OH is 1. The van der Waals surface area contributed by atoms with Crippen LogP contribution in [-0.4, -0.2) is 23.2 Å². The minimum Gasteiger partial charge on any atom is -0.394 e. The summed E-state index contributed by atoms with van der Waals surface area (Å²) in [7, 11) is 0. The normalized spacial score (nSPS) is 17.4. The molecule has 3 nitrogen and oxygen atoms in total. The van der Waals surface area contributed by atoms with Crippen LogP contribution in [0.3, 0.4) is 0 Å². The van der Waals surface area contributed by atoms with Gasteiger partial charge in [-0.2, -0.15) is 0 Å². The van der Waals surface area contributed by atoms with Crippen LogP contribution in [0, 0.1) is 13.8 Å². The number of carbonyl (C=O) groups is 1. The number of nitrogens with one attached hydrogen (secondary N) is 1. The maximum atomic E-state index is 12.2. The van der Waals surface area contributed by atoms with Gasteiger partial charge in [0, 0.05) is 0 Å². The molecule has 1 aliphatic rings. The first-order valence-electron chi connectivity index (χ1n) is 7.03. The first kappa shape index (κ1) is 14.1. The molecule has 0 bridgehead atoms. The molecule has 3 heteroatoms. The SMILES string of the molecule is Cc1ccc(C)c(CC(=O)NC2(CO)CCCC2)c1. The molecule has 0 saturated heterocycles. The maximum absolute atomic E-state index is 12.2. The summed E-state index contributed by atoms with van der Waals surface area (Å²) in [5.74, 6) is 0.0182. The van der Waals surface area contributed by atoms with E-state index in [2.05, 4.69) is 23.5 Å². The van der Waals surface area contributed by atoms with Crippen LogP contribution in [0.15, 0.2) is 18.2 Å². The van der Waals surface area contributed by atoms with Crippen LogP contribution < -0.4 is 5.32 Å². The van der Waals surface area contributed by atoms with E-state index in [0.717, 1.165) is 36.8 Å². The van der Waals surface area contributed by atoms with Crippen LogP contribution in [0.1, 0.15) is 42.4 Å². The monoisotopic (exact) mass is 261 g/mol. The molecule has 2 rings (SSSR count). The van der Waals surface area contributed by atoms with Gasteiger partial charge in [-0.15, -0.1) is 0 Å². The fourth-order valence-electron chi connectivity index (χ4n) is 2.88. The third-order valence-corrected chi connectivity index (χ3v) is 4.12. The van der Waals surface area contributed by atoms with Crippen molar-refractivity contribution in [2.75, 3.05) is 6.61 Å². The lowest BCUT2D eigenvalue weighted by molar-refractivity contribution is -0.122. The van der Waals surface area contributed by atoms with Crippen LogP contribution >= 0.6 is 0 Å². The standard InChI is InChI=1S/C16H23NO2/c1-12-5-6-13(2)14(9-12)10-15(19)17-16(11-18)7-3-4-8-16/h5-6,9,18H,3-4,7-8,10-11H2,1-2H3,(H,17,19). The van der Waals surface area contributed by atoms with E-state index in [9.17, 15) is 9.90 Å². The first-order chi connectivity index (χ1) is 9.04. The van der Waals surface area contributed by atoms with Crippen molar-refractivity contribution in [3.63, 3.8) is 0 Å². The lowest BCUT2D eigenvalue weighted by Crippen LogP contribution is -2.49. The number of rotatable bonds is 4. The number of benzene rings is 1. The molecule has 0 atom stereocenters. The highest BCUT2D eigenvalue weighted by Crippen LogP contribution is 2.29. The number of carbonyl (C=O) groups excluding carboxylic acids is 1. The Labute approximate surface area is 115 Å². The third-order valence-electron chi connectivity index (χ3n) is 4.12. The molecule has 0 spiro atoms. The third kappa shape index (κ3) is 3.35. The van der Waals surface area contributed by atoms with Crippen molar-refractivity contribution in [3.8, 4) is 0 Å². The molecule has 0 heterocycles. The Morgan fingerprint density at radius 2 is 2.00 bits per heavy atom. The molecule has 0 aliphatic heterocycles. The van der Waals surface area contributed by atoms with E-state index in [1.165, 1.54) is 5.56 Å². The summed E-state index contributed by atoms with van der Waals surface area (Å²) in [6, 6.07) is 6.17. The van der Waals surface area contributed by atoms with Gasteiger partial charge < -0.3 is 10.4 Å². The van der Waals surface area contributed by atoms with Crippen molar-refractivity contribution in [3.05, 3.63) is 34.9 Å². The zero-order valence-corrected chi connectivity index (χ0v) is 11.8. The zero-order valence-electron chi connectivity index (χ0n) is 11.8. The molecule has 1 amide bonds. The van der Waals surface area contributed by atoms with Gasteiger partial charge in [0.1, 0.15) is 0 Å². The molecule has 1 aromatic rings. The minimum absolute atomic E-state index is 0.0182. The average molecular weight is 261 g/mol. The highest BCUT2D eigenvalue weighted by Gasteiger charge is 2.34. The number of hydrogen-bond donors (Lipinski definition) is 2. The van der Waals surface area contributed by atoms with Gasteiger partial charge in [-0.05, 0) is 37.8 Å². The highest BCUT2D eigenvalue weighted by atomic mass is 16.3. The summed E-state index contributed by atoms with van der Waals surface area (Å²) in [5, 5.41) is 12.6. The number of aliphatic hydroxyl groups is 1. The molecular weight excluding hydrogens is 238 g/mol. The lowest BCUT2D eigenvalue weighted by Gasteiger charge is -2.28. The molecule has 2 N–H and O–H groups in total. The Hall–Kier alpha value is -1.35. The largest absolute Gasteiger partial charge is 0.394 e. The topological polar surface area (TPSA) is 49.3 Å². The van der Waals surface area contributed by atoms with Gasteiger partial charge >= 0.3 is 0 Å². The van der Waals surface area contributed by atoms with Gasteiger partial charge in [-0.1, -0.05) is 36.6 Å². The van der Waals surface area contributed by atoms with Crippen molar-refractivity contribution in [2.24, 2.45) is 0 Å². The molecule has 1 fully saturated rings. The molecule has 1 aromatic carbocycles. The van der Waals surface area contributed by atoms with Crippen LogP contribution in [0.4, 0.5) is 0 Å². The second-order valence-electron chi connectivity index (χ2n) is 5.80. The summed E-state index contributed by atoms with van der Waals surface area (Å²) in [6.07, 6.45) is 4.36. The van der Waals surface area contributed by atoms with Crippen LogP contribution in [0.2, 0.25) is 0 Å². The van der Waals surface area contributed by atoms with E-state index in [1.54, 1.807) is 0 Å². The Balaban J connectivity index is 2.03. The van der Waals surface area contributed by atoms with E-state index in [0.29, 0.717) is 6.42 Å². The highest BCUT2D eigenvalue weighted by molar-refractivity contribution is 5.79. The number of aryl methyl sites for hydroxylation is 2. The maximum Gasteiger partial charge on any atom is 0.224 e. The quantitative estimate of drug-likeness (QED) is 0.873. The Kier molecular flexibility index (Phi) is 4.25. The molecule has 0 radical (unpaired) electrons. The zero-order chi connectivity index (χ0) is 13.9. The second-order valence-corrected chi connectivity index (χ2v) is 5.80. The lowest BCUT2D eigenvalue weighted by atomic mass is 9.97. The predicted octanol–water partition coefficient (Wildman–Crippen LogP) is 2.27. The van der Waals surface area contributed by atoms with E-state index < -0.39 is 0 Å². The van der Waals surface area contributed by atoms with Crippen molar-refractivity contribution < 1.29 is 9.90 Å². The van der Waals surface area contributed by atoms with Crippen molar-refractivity contribution in [2.45, 2.75) is 51.5 Å². The van der Waals surface area contributed by atoms with Gasteiger partial charge in [0.05, 0.1) is 18.6 Å². The van der Waals surface area contributed by atoms with Crippen molar-refractivity contribution in [1.82, 2.24) is 5.32 Å². The molecule has 1 aliphatic carbocycles. The molecular formula is C16H23NO2. The van der Waals surface area contributed by atoms with Gasteiger partial charge in [-0.25, -0.2) is 0 Å². The van der Waals surface area contributed by atoms with Crippen molar-refractivity contribution >= 4 is 5.91 Å². The molecule has 0 unspecified atom stereocenters. The fourth-order valence-corrected chi connectivity index (χ4v) is 2.88. The van der Waals surface area contributed by atoms with E-state index in [-0.39, 0.29) is 18.1 Å². The Morgan fingerprint density at radius 1 is 1.32 bits per heavy atom. The fraction of sp³-hybridized carbons (Fsp3) is 0.562.